The average molecular weight is 578 g/mol. The van der Waals surface area contributed by atoms with Gasteiger partial charge in [0.2, 0.25) is 11.1 Å². The number of carbonyl (C=O) groups is 2. The summed E-state index contributed by atoms with van der Waals surface area (Å²) < 4.78 is 2.42. The number of amides is 2. The monoisotopic (exact) mass is 577 g/mol. The van der Waals surface area contributed by atoms with Crippen molar-refractivity contribution in [1.29, 1.82) is 0 Å². The normalized spacial score (nSPS) is 13.4. The lowest BCUT2D eigenvalue weighted by Gasteiger charge is -2.36. The Morgan fingerprint density at radius 1 is 0.865 bits per heavy atom. The molecule has 0 atom stereocenters. The van der Waals surface area contributed by atoms with Crippen molar-refractivity contribution in [2.45, 2.75) is 5.16 Å². The zero-order valence-electron chi connectivity index (χ0n) is 19.8. The van der Waals surface area contributed by atoms with Crippen molar-refractivity contribution >= 4 is 50.9 Å². The van der Waals surface area contributed by atoms with Gasteiger partial charge in [-0.15, -0.1) is 5.10 Å². The van der Waals surface area contributed by atoms with E-state index in [1.54, 1.807) is 4.68 Å². The van der Waals surface area contributed by atoms with Crippen molar-refractivity contribution in [3.63, 3.8) is 0 Å². The van der Waals surface area contributed by atoms with Gasteiger partial charge in [-0.05, 0) is 74.9 Å². The first-order valence-electron chi connectivity index (χ1n) is 11.7. The second kappa shape index (κ2) is 11.6. The van der Waals surface area contributed by atoms with Crippen LogP contribution < -0.4 is 10.2 Å². The molecule has 11 heteroatoms. The number of halogens is 1. The molecule has 5 rings (SSSR count). The first-order valence-corrected chi connectivity index (χ1v) is 13.5. The molecule has 9 nitrogen and oxygen atoms in total. The number of rotatable bonds is 7. The molecule has 188 valence electrons. The SMILES string of the molecule is O=C(CSc1nnnn1-c1ccccc1)Nc1ccc(N2CCN(C(=O)c3ccccc3Br)CC2)cc1. The maximum absolute atomic E-state index is 12.9. The van der Waals surface area contributed by atoms with Crippen molar-refractivity contribution in [3.05, 3.63) is 88.9 Å². The smallest absolute Gasteiger partial charge is 0.255 e. The molecule has 0 aliphatic carbocycles. The molecule has 2 heterocycles. The van der Waals surface area contributed by atoms with Gasteiger partial charge in [0.15, 0.2) is 0 Å². The lowest BCUT2D eigenvalue weighted by Crippen LogP contribution is -2.48. The number of para-hydroxylation sites is 1. The minimum Gasteiger partial charge on any atom is -0.368 e. The highest BCUT2D eigenvalue weighted by Gasteiger charge is 2.23. The van der Waals surface area contributed by atoms with Crippen LogP contribution in [0.4, 0.5) is 11.4 Å². The molecule has 1 saturated heterocycles. The first kappa shape index (κ1) is 25.0. The van der Waals surface area contributed by atoms with Crippen LogP contribution in [0.1, 0.15) is 10.4 Å². The highest BCUT2D eigenvalue weighted by Crippen LogP contribution is 2.23. The van der Waals surface area contributed by atoms with Crippen molar-refractivity contribution in [1.82, 2.24) is 25.1 Å². The van der Waals surface area contributed by atoms with E-state index in [2.05, 4.69) is 41.7 Å². The van der Waals surface area contributed by atoms with Gasteiger partial charge >= 0.3 is 0 Å². The number of tetrazole rings is 1. The highest BCUT2D eigenvalue weighted by atomic mass is 79.9. The molecule has 0 unspecified atom stereocenters. The van der Waals surface area contributed by atoms with E-state index < -0.39 is 0 Å². The van der Waals surface area contributed by atoms with Crippen molar-refractivity contribution < 1.29 is 9.59 Å². The zero-order chi connectivity index (χ0) is 25.6. The lowest BCUT2D eigenvalue weighted by atomic mass is 10.1. The number of aromatic nitrogens is 4. The summed E-state index contributed by atoms with van der Waals surface area (Å²) in [6.45, 7) is 2.79. The Hall–Kier alpha value is -3.70. The van der Waals surface area contributed by atoms with Crippen LogP contribution in [0.5, 0.6) is 0 Å². The van der Waals surface area contributed by atoms with Gasteiger partial charge in [-0.25, -0.2) is 0 Å². The molecule has 1 fully saturated rings. The van der Waals surface area contributed by atoms with Gasteiger partial charge in [0, 0.05) is 42.0 Å². The van der Waals surface area contributed by atoms with E-state index in [0.717, 1.165) is 34.6 Å². The molecule has 37 heavy (non-hydrogen) atoms. The Morgan fingerprint density at radius 2 is 1.57 bits per heavy atom. The van der Waals surface area contributed by atoms with Gasteiger partial charge in [0.05, 0.1) is 17.0 Å². The summed E-state index contributed by atoms with van der Waals surface area (Å²) in [6.07, 6.45) is 0. The van der Waals surface area contributed by atoms with E-state index in [1.807, 2.05) is 83.8 Å². The first-order chi connectivity index (χ1) is 18.1. The number of hydrogen-bond donors (Lipinski definition) is 1. The average Bonchev–Trinajstić information content (AvgIpc) is 3.42. The molecule has 1 aliphatic rings. The largest absolute Gasteiger partial charge is 0.368 e. The van der Waals surface area contributed by atoms with E-state index in [0.29, 0.717) is 23.8 Å². The van der Waals surface area contributed by atoms with Gasteiger partial charge in [-0.1, -0.05) is 42.1 Å². The van der Waals surface area contributed by atoms with Gasteiger partial charge in [-0.3, -0.25) is 9.59 Å². The van der Waals surface area contributed by atoms with Crippen molar-refractivity contribution in [3.8, 4) is 5.69 Å². The second-order valence-electron chi connectivity index (χ2n) is 8.35. The predicted octanol–water partition coefficient (Wildman–Crippen LogP) is 4.12. The third kappa shape index (κ3) is 6.00. The standard InChI is InChI=1S/C26H24BrN7O2S/c27-23-9-5-4-8-22(23)25(36)33-16-14-32(15-17-33)20-12-10-19(11-13-20)28-24(35)18-37-26-29-30-31-34(26)21-6-2-1-3-7-21/h1-13H,14-18H2,(H,28,35). The quantitative estimate of drug-likeness (QED) is 0.330. The summed E-state index contributed by atoms with van der Waals surface area (Å²) in [6, 6.07) is 24.8. The topological polar surface area (TPSA) is 96.2 Å². The molecule has 1 aliphatic heterocycles. The van der Waals surface area contributed by atoms with Gasteiger partial charge in [0.1, 0.15) is 0 Å². The molecule has 0 radical (unpaired) electrons. The third-order valence-electron chi connectivity index (χ3n) is 5.96. The molecule has 0 bridgehead atoms. The second-order valence-corrected chi connectivity index (χ2v) is 10.1. The Labute approximate surface area is 227 Å². The minimum atomic E-state index is -0.139. The Morgan fingerprint density at radius 3 is 2.30 bits per heavy atom. The maximum Gasteiger partial charge on any atom is 0.255 e. The van der Waals surface area contributed by atoms with Crippen LogP contribution in [0.2, 0.25) is 0 Å². The number of carbonyl (C=O) groups excluding carboxylic acids is 2. The molecule has 1 aromatic heterocycles. The summed E-state index contributed by atoms with van der Waals surface area (Å²) in [5.74, 6) is 0.0862. The van der Waals surface area contributed by atoms with E-state index in [9.17, 15) is 9.59 Å². The van der Waals surface area contributed by atoms with E-state index in [1.165, 1.54) is 11.8 Å². The van der Waals surface area contributed by atoms with Gasteiger partial charge in [-0.2, -0.15) is 4.68 Å². The van der Waals surface area contributed by atoms with Gasteiger partial charge in [0.25, 0.3) is 5.91 Å². The number of nitrogens with zero attached hydrogens (tertiary/aromatic N) is 6. The zero-order valence-corrected chi connectivity index (χ0v) is 22.2. The minimum absolute atomic E-state index is 0.0425. The van der Waals surface area contributed by atoms with Crippen LogP contribution in [0.3, 0.4) is 0 Å². The van der Waals surface area contributed by atoms with Gasteiger partial charge < -0.3 is 15.1 Å². The molecule has 2 amide bonds. The number of anilines is 2. The summed E-state index contributed by atoms with van der Waals surface area (Å²) in [4.78, 5) is 29.5. The molecule has 0 spiro atoms. The maximum atomic E-state index is 12.9. The fraction of sp³-hybridized carbons (Fsp3) is 0.192. The van der Waals surface area contributed by atoms with Crippen molar-refractivity contribution in [2.75, 3.05) is 42.1 Å². The van der Waals surface area contributed by atoms with Crippen LogP contribution in [-0.4, -0.2) is 68.9 Å². The Balaban J connectivity index is 1.11. The summed E-state index contributed by atoms with van der Waals surface area (Å²) in [5, 5.41) is 15.2. The van der Waals surface area contributed by atoms with E-state index >= 15 is 0 Å². The number of piperazine rings is 1. The van der Waals surface area contributed by atoms with Crippen LogP contribution in [-0.2, 0) is 4.79 Å². The molecule has 4 aromatic rings. The molecule has 1 N–H and O–H groups in total. The molecular formula is C26H24BrN7O2S. The fourth-order valence-electron chi connectivity index (χ4n) is 4.06. The predicted molar refractivity (Wildman–Crippen MR) is 147 cm³/mol. The number of hydrogen-bond acceptors (Lipinski definition) is 7. The number of benzene rings is 3. The van der Waals surface area contributed by atoms with Crippen LogP contribution in [0, 0.1) is 0 Å². The Kier molecular flexibility index (Phi) is 7.81. The van der Waals surface area contributed by atoms with Crippen LogP contribution in [0.25, 0.3) is 5.69 Å². The highest BCUT2D eigenvalue weighted by molar-refractivity contribution is 9.10. The third-order valence-corrected chi connectivity index (χ3v) is 7.57. The summed E-state index contributed by atoms with van der Waals surface area (Å²) >= 11 is 4.74. The van der Waals surface area contributed by atoms with Crippen LogP contribution in [0.15, 0.2) is 88.5 Å². The molecular weight excluding hydrogens is 554 g/mol. The molecule has 0 saturated carbocycles. The molecule has 3 aromatic carbocycles. The fourth-order valence-corrected chi connectivity index (χ4v) is 5.20. The number of nitrogens with one attached hydrogen (secondary N) is 1. The summed E-state index contributed by atoms with van der Waals surface area (Å²) in [5.41, 5.74) is 3.30. The number of thioether (sulfide) groups is 1. The summed E-state index contributed by atoms with van der Waals surface area (Å²) in [7, 11) is 0. The van der Waals surface area contributed by atoms with E-state index in [-0.39, 0.29) is 17.6 Å². The van der Waals surface area contributed by atoms with E-state index in [4.69, 9.17) is 0 Å². The lowest BCUT2D eigenvalue weighted by molar-refractivity contribution is -0.113. The van der Waals surface area contributed by atoms with Crippen molar-refractivity contribution in [2.24, 2.45) is 0 Å². The van der Waals surface area contributed by atoms with Crippen LogP contribution >= 0.6 is 27.7 Å². The Bertz CT molecular complexity index is 1370.